The third-order valence-corrected chi connectivity index (χ3v) is 15.2. The molecule has 0 saturated heterocycles. The molecule has 2 aromatic carbocycles. The number of amides is 3. The molecular weight excluding hydrogens is 1090 g/mol. The fourth-order valence-electron chi connectivity index (χ4n) is 8.44. The number of halogens is 11. The Labute approximate surface area is 422 Å². The highest BCUT2D eigenvalue weighted by molar-refractivity contribution is 7.93. The molecule has 3 N–H and O–H groups in total. The molecule has 3 atom stereocenters. The lowest BCUT2D eigenvalue weighted by molar-refractivity contribution is -0.143. The van der Waals surface area contributed by atoms with Gasteiger partial charge in [0.2, 0.25) is 15.9 Å². The number of aliphatic carboxylic acids is 2. The first-order valence-electron chi connectivity index (χ1n) is 21.4. The van der Waals surface area contributed by atoms with E-state index in [4.69, 9.17) is 11.6 Å². The minimum Gasteiger partial charge on any atom is -0.480 e. The van der Waals surface area contributed by atoms with E-state index in [1.165, 1.54) is 13.8 Å². The highest BCUT2D eigenvalue weighted by Gasteiger charge is 2.68. The second kappa shape index (κ2) is 19.3. The van der Waals surface area contributed by atoms with Gasteiger partial charge >= 0.3 is 30.3 Å². The number of urea groups is 1. The van der Waals surface area contributed by atoms with Crippen molar-refractivity contribution in [3.63, 3.8) is 0 Å². The van der Waals surface area contributed by atoms with Gasteiger partial charge in [0.25, 0.3) is 5.92 Å². The normalized spacial score (nSPS) is 16.6. The smallest absolute Gasteiger partial charge is 0.435 e. The third kappa shape index (κ3) is 11.5. The van der Waals surface area contributed by atoms with Crippen LogP contribution in [0.3, 0.4) is 0 Å². The second-order valence-corrected chi connectivity index (χ2v) is 22.8. The zero-order valence-electron chi connectivity index (χ0n) is 38.8. The van der Waals surface area contributed by atoms with Crippen molar-refractivity contribution in [3.8, 4) is 23.0 Å². The fraction of sp³-hybridized carbons (Fsp3) is 0.386. The monoisotopic (exact) mass is 1130 g/mol. The van der Waals surface area contributed by atoms with E-state index in [9.17, 15) is 81.4 Å². The Morgan fingerprint density at radius 3 is 2.05 bits per heavy atom. The molecule has 0 aliphatic heterocycles. The number of rotatable bonds is 15. The maximum Gasteiger partial charge on any atom is 0.435 e. The van der Waals surface area contributed by atoms with Crippen molar-refractivity contribution in [2.75, 3.05) is 29.9 Å². The van der Waals surface area contributed by atoms with Gasteiger partial charge in [-0.3, -0.25) is 23.7 Å². The molecule has 18 nitrogen and oxygen atoms in total. The summed E-state index contributed by atoms with van der Waals surface area (Å²) in [5.41, 5.74) is -6.71. The Morgan fingerprint density at radius 2 is 1.51 bits per heavy atom. The lowest BCUT2D eigenvalue weighted by Gasteiger charge is -2.26. The van der Waals surface area contributed by atoms with Crippen LogP contribution in [-0.4, -0.2) is 117 Å². The minimum atomic E-state index is -5.27. The van der Waals surface area contributed by atoms with Crippen molar-refractivity contribution in [1.82, 2.24) is 34.8 Å². The maximum absolute atomic E-state index is 15.6. The average Bonchev–Trinajstić information content (AvgIpc) is 3.76. The van der Waals surface area contributed by atoms with Gasteiger partial charge in [-0.2, -0.15) is 49.6 Å². The Balaban J connectivity index is 1.50. The standard InChI is InChI=1S/C44H37ClF10N8O10S2/c1-41(2,74(3,70)71)10-9-23-5-6-24(25-7-8-28(45)34-36(25)62(19-42(48,49)50)59-39(34)63(75(4,72)73)40(69)60(17-31(65)66)18-32(67)68)35(56-23)29(13-20-11-21(46)14-22(47)12-20)57-30(64)16-61-38-33(37(58-61)44(53,54)55)26-15-27(26)43(38,51)52/h5-8,11-12,14,26-27,29H,13,15-19H2,1-4H3,(H,57,64)(H,65,66)(H,67,68)/t26-,27+,29?/m0/s1. The summed E-state index contributed by atoms with van der Waals surface area (Å²) in [5.74, 6) is -10.4. The first-order chi connectivity index (χ1) is 34.4. The number of carboxylic acids is 2. The molecule has 0 spiro atoms. The topological polar surface area (TPSA) is 244 Å². The van der Waals surface area contributed by atoms with Gasteiger partial charge in [-0.15, -0.1) is 0 Å². The van der Waals surface area contributed by atoms with Crippen LogP contribution in [0.4, 0.5) is 54.5 Å². The number of carbonyl (C=O) groups is 4. The van der Waals surface area contributed by atoms with E-state index in [0.29, 0.717) is 12.3 Å². The Hall–Kier alpha value is -7.00. The number of aromatic nitrogens is 5. The molecular formula is C44H37ClF10N8O10S2. The molecule has 0 radical (unpaired) electrons. The predicted octanol–water partition coefficient (Wildman–Crippen LogP) is 6.65. The van der Waals surface area contributed by atoms with Crippen LogP contribution in [0.15, 0.2) is 42.5 Å². The molecule has 75 heavy (non-hydrogen) atoms. The number of hydrogen-bond donors (Lipinski definition) is 3. The molecule has 3 heterocycles. The zero-order valence-corrected chi connectivity index (χ0v) is 41.2. The largest absolute Gasteiger partial charge is 0.480 e. The molecule has 0 bridgehead atoms. The van der Waals surface area contributed by atoms with Gasteiger partial charge in [-0.1, -0.05) is 23.6 Å². The van der Waals surface area contributed by atoms with Gasteiger partial charge in [-0.05, 0) is 74.4 Å². The molecule has 5 aromatic rings. The van der Waals surface area contributed by atoms with Gasteiger partial charge < -0.3 is 20.4 Å². The summed E-state index contributed by atoms with van der Waals surface area (Å²) >= 11 is 6.57. The number of carboxylic acid groups (broad SMARTS) is 2. The summed E-state index contributed by atoms with van der Waals surface area (Å²) < 4.78 is 198. The van der Waals surface area contributed by atoms with Gasteiger partial charge in [0.1, 0.15) is 53.9 Å². The number of benzene rings is 2. The van der Waals surface area contributed by atoms with Gasteiger partial charge in [0.15, 0.2) is 21.3 Å². The van der Waals surface area contributed by atoms with Crippen molar-refractivity contribution in [3.05, 3.63) is 93.0 Å². The molecule has 31 heteroatoms. The highest BCUT2D eigenvalue weighted by Crippen LogP contribution is 2.68. The maximum atomic E-state index is 15.6. The number of nitrogens with zero attached hydrogens (tertiary/aromatic N) is 7. The van der Waals surface area contributed by atoms with E-state index in [0.717, 1.165) is 42.7 Å². The van der Waals surface area contributed by atoms with E-state index >= 15 is 8.78 Å². The lowest BCUT2D eigenvalue weighted by Crippen LogP contribution is -2.49. The third-order valence-electron chi connectivity index (χ3n) is 11.9. The zero-order chi connectivity index (χ0) is 55.9. The van der Waals surface area contributed by atoms with Crippen molar-refractivity contribution in [1.29, 1.82) is 0 Å². The van der Waals surface area contributed by atoms with Crippen LogP contribution in [0.5, 0.6) is 0 Å². The summed E-state index contributed by atoms with van der Waals surface area (Å²) in [7, 11) is -9.12. The quantitative estimate of drug-likeness (QED) is 0.0736. The van der Waals surface area contributed by atoms with E-state index in [1.54, 1.807) is 0 Å². The van der Waals surface area contributed by atoms with Crippen LogP contribution < -0.4 is 9.62 Å². The van der Waals surface area contributed by atoms with Gasteiger partial charge in [0, 0.05) is 34.9 Å². The first-order valence-corrected chi connectivity index (χ1v) is 25.5. The van der Waals surface area contributed by atoms with Gasteiger partial charge in [0.05, 0.1) is 33.9 Å². The van der Waals surface area contributed by atoms with Crippen LogP contribution in [0.2, 0.25) is 5.02 Å². The molecule has 402 valence electrons. The highest BCUT2D eigenvalue weighted by atomic mass is 35.5. The van der Waals surface area contributed by atoms with Crippen molar-refractivity contribution in [2.24, 2.45) is 5.92 Å². The molecule has 2 aliphatic carbocycles. The van der Waals surface area contributed by atoms with Crippen LogP contribution in [0, 0.1) is 29.4 Å². The molecule has 3 aromatic heterocycles. The molecule has 3 amide bonds. The lowest BCUT2D eigenvalue weighted by atomic mass is 9.93. The number of pyridine rings is 1. The van der Waals surface area contributed by atoms with Crippen LogP contribution >= 0.6 is 11.6 Å². The molecule has 1 saturated carbocycles. The summed E-state index contributed by atoms with van der Waals surface area (Å²) in [6.07, 6.45) is -10.5. The second-order valence-electron chi connectivity index (χ2n) is 18.0. The van der Waals surface area contributed by atoms with E-state index in [-0.39, 0.29) is 36.2 Å². The first kappa shape index (κ1) is 55.7. The number of fused-ring (bicyclic) bond motifs is 4. The Morgan fingerprint density at radius 1 is 0.907 bits per heavy atom. The minimum absolute atomic E-state index is 0.0151. The number of alkyl halides is 8. The van der Waals surface area contributed by atoms with Gasteiger partial charge in [-0.25, -0.2) is 35.4 Å². The number of sulfone groups is 1. The average molecular weight is 1130 g/mol. The van der Waals surface area contributed by atoms with E-state index in [1.807, 2.05) is 0 Å². The van der Waals surface area contributed by atoms with Crippen molar-refractivity contribution in [2.45, 2.75) is 74.8 Å². The fourth-order valence-corrected chi connectivity index (χ4v) is 9.75. The number of anilines is 1. The van der Waals surface area contributed by atoms with E-state index < -0.39 is 184 Å². The van der Waals surface area contributed by atoms with Crippen LogP contribution in [0.25, 0.3) is 22.0 Å². The summed E-state index contributed by atoms with van der Waals surface area (Å²) in [4.78, 5) is 56.0. The summed E-state index contributed by atoms with van der Waals surface area (Å²) in [6.45, 7) is -4.05. The molecule has 2 aliphatic rings. The predicted molar refractivity (Wildman–Crippen MR) is 242 cm³/mol. The Bertz CT molecular complexity index is 3480. The summed E-state index contributed by atoms with van der Waals surface area (Å²) in [6, 6.07) is 2.16. The SMILES string of the molecule is CC(C)(C#Cc1ccc(-c2ccc(Cl)c3c(N(C(=O)N(CC(=O)O)CC(=O)O)S(C)(=O)=O)nn(CC(F)(F)F)c23)c(C(Cc2cc(F)cc(F)c2)NC(=O)Cn2nc(C(F)(F)F)c3c2C(F)(F)[C@@H]2C[C@H]32)n1)S(C)(=O)=O. The van der Waals surface area contributed by atoms with Crippen LogP contribution in [0.1, 0.15) is 66.1 Å². The number of nitrogens with one attached hydrogen (secondary N) is 1. The number of hydrogen-bond acceptors (Lipinski definition) is 11. The van der Waals surface area contributed by atoms with E-state index in [2.05, 4.69) is 32.3 Å². The summed E-state index contributed by atoms with van der Waals surface area (Å²) in [5, 5.41) is 26.9. The number of carbonyl (C=O) groups excluding carboxylic acids is 2. The van der Waals surface area contributed by atoms with Crippen molar-refractivity contribution >= 4 is 72.1 Å². The van der Waals surface area contributed by atoms with Crippen molar-refractivity contribution < 1.29 is 90.1 Å². The molecule has 1 unspecified atom stereocenters. The molecule has 7 rings (SSSR count). The molecule has 1 fully saturated rings. The van der Waals surface area contributed by atoms with Crippen LogP contribution in [-0.2, 0) is 65.9 Å². The Kier molecular flexibility index (Phi) is 14.3. The number of sulfonamides is 1.